The lowest BCUT2D eigenvalue weighted by molar-refractivity contribution is 0.268. The minimum atomic E-state index is -0.386. The maximum Gasteiger partial charge on any atom is 0.152 e. The first kappa shape index (κ1) is 8.22. The molecule has 2 rings (SSSR count). The Labute approximate surface area is 75.0 Å². The first-order valence-corrected chi connectivity index (χ1v) is 4.00. The second kappa shape index (κ2) is 3.16. The van der Waals surface area contributed by atoms with Crippen LogP contribution in [0.5, 0.6) is 0 Å². The highest BCUT2D eigenvalue weighted by molar-refractivity contribution is 5.80. The lowest BCUT2D eigenvalue weighted by Crippen LogP contribution is -2.13. The second-order valence-corrected chi connectivity index (χ2v) is 2.85. The van der Waals surface area contributed by atoms with Gasteiger partial charge in [0.1, 0.15) is 0 Å². The Morgan fingerprint density at radius 2 is 2.46 bits per heavy atom. The Kier molecular flexibility index (Phi) is 2.00. The van der Waals surface area contributed by atoms with Gasteiger partial charge in [-0.15, -0.1) is 0 Å². The van der Waals surface area contributed by atoms with E-state index < -0.39 is 0 Å². The normalized spacial score (nSPS) is 13.4. The summed E-state index contributed by atoms with van der Waals surface area (Å²) in [5.74, 6) is 0. The number of nitrogens with zero attached hydrogens (tertiary/aromatic N) is 1. The number of fused-ring (bicyclic) bond motifs is 1. The molecule has 0 aromatic carbocycles. The fourth-order valence-electron chi connectivity index (χ4n) is 1.29. The molecule has 4 nitrogen and oxygen atoms in total. The average molecular weight is 178 g/mol. The van der Waals surface area contributed by atoms with E-state index >= 15 is 0 Å². The van der Waals surface area contributed by atoms with Crippen LogP contribution in [-0.2, 0) is 0 Å². The fraction of sp³-hybridized carbons (Fsp3) is 0.222. The molecule has 0 saturated carbocycles. The molecular weight excluding hydrogens is 168 g/mol. The zero-order valence-electron chi connectivity index (χ0n) is 6.97. The molecule has 13 heavy (non-hydrogen) atoms. The average Bonchev–Trinajstić information content (AvgIpc) is 2.60. The third-order valence-electron chi connectivity index (χ3n) is 2.00. The first-order chi connectivity index (χ1) is 6.33. The fourth-order valence-corrected chi connectivity index (χ4v) is 1.29. The van der Waals surface area contributed by atoms with E-state index in [9.17, 15) is 0 Å². The maximum absolute atomic E-state index is 8.88. The molecule has 1 unspecified atom stereocenters. The van der Waals surface area contributed by atoms with Gasteiger partial charge in [-0.3, -0.25) is 4.98 Å². The van der Waals surface area contributed by atoms with Crippen LogP contribution >= 0.6 is 0 Å². The smallest absolute Gasteiger partial charge is 0.152 e. The molecular formula is C9H10N2O2. The largest absolute Gasteiger partial charge is 0.462 e. The molecule has 0 aliphatic heterocycles. The summed E-state index contributed by atoms with van der Waals surface area (Å²) < 4.78 is 5.22. The van der Waals surface area contributed by atoms with Crippen molar-refractivity contribution in [2.24, 2.45) is 5.73 Å². The lowest BCUT2D eigenvalue weighted by Gasteiger charge is -2.03. The van der Waals surface area contributed by atoms with Crippen molar-refractivity contribution in [3.05, 3.63) is 30.3 Å². The van der Waals surface area contributed by atoms with Gasteiger partial charge >= 0.3 is 0 Å². The van der Waals surface area contributed by atoms with Gasteiger partial charge in [-0.2, -0.15) is 0 Å². The van der Waals surface area contributed by atoms with Gasteiger partial charge in [0.2, 0.25) is 0 Å². The highest BCUT2D eigenvalue weighted by Crippen LogP contribution is 2.23. The third-order valence-corrected chi connectivity index (χ3v) is 2.00. The van der Waals surface area contributed by atoms with E-state index in [2.05, 4.69) is 4.98 Å². The van der Waals surface area contributed by atoms with Crippen molar-refractivity contribution < 1.29 is 9.52 Å². The van der Waals surface area contributed by atoms with Crippen LogP contribution in [0.4, 0.5) is 0 Å². The van der Waals surface area contributed by atoms with E-state index in [0.29, 0.717) is 5.58 Å². The highest BCUT2D eigenvalue weighted by atomic mass is 16.3. The quantitative estimate of drug-likeness (QED) is 0.714. The van der Waals surface area contributed by atoms with Gasteiger partial charge in [0.05, 0.1) is 25.1 Å². The van der Waals surface area contributed by atoms with Crippen molar-refractivity contribution in [1.29, 1.82) is 0 Å². The molecule has 0 spiro atoms. The van der Waals surface area contributed by atoms with Crippen LogP contribution in [0.3, 0.4) is 0 Å². The Hall–Kier alpha value is -1.39. The van der Waals surface area contributed by atoms with Crippen LogP contribution in [-0.4, -0.2) is 16.7 Å². The Morgan fingerprint density at radius 3 is 3.23 bits per heavy atom. The predicted octanol–water partition coefficient (Wildman–Crippen LogP) is 0.820. The molecule has 0 radical (unpaired) electrons. The molecule has 0 bridgehead atoms. The Morgan fingerprint density at radius 1 is 1.62 bits per heavy atom. The van der Waals surface area contributed by atoms with E-state index in [1.165, 1.54) is 0 Å². The Balaban J connectivity index is 2.57. The highest BCUT2D eigenvalue weighted by Gasteiger charge is 2.11. The summed E-state index contributed by atoms with van der Waals surface area (Å²) in [5.41, 5.74) is 7.19. The van der Waals surface area contributed by atoms with Crippen molar-refractivity contribution >= 4 is 11.0 Å². The summed E-state index contributed by atoms with van der Waals surface area (Å²) in [5, 5.41) is 9.80. The van der Waals surface area contributed by atoms with Gasteiger partial charge in [-0.1, -0.05) is 0 Å². The number of hydrogen-bond donors (Lipinski definition) is 2. The van der Waals surface area contributed by atoms with E-state index in [4.69, 9.17) is 15.3 Å². The third kappa shape index (κ3) is 1.30. The molecule has 3 N–H and O–H groups in total. The summed E-state index contributed by atoms with van der Waals surface area (Å²) in [6.07, 6.45) is 4.86. The summed E-state index contributed by atoms with van der Waals surface area (Å²) in [4.78, 5) is 3.91. The Bertz CT molecular complexity index is 411. The molecule has 0 amide bonds. The van der Waals surface area contributed by atoms with Gasteiger partial charge in [-0.25, -0.2) is 0 Å². The number of aliphatic hydroxyl groups excluding tert-OH is 1. The lowest BCUT2D eigenvalue weighted by atomic mass is 10.1. The standard InChI is InChI=1S/C9H10N2O2/c10-8(4-12)7-5-13-9-3-11-2-1-6(7)9/h1-3,5,8,12H,4,10H2. The minimum Gasteiger partial charge on any atom is -0.462 e. The van der Waals surface area contributed by atoms with Crippen LogP contribution in [0.1, 0.15) is 11.6 Å². The number of nitrogens with two attached hydrogens (primary N) is 1. The summed E-state index contributed by atoms with van der Waals surface area (Å²) in [7, 11) is 0. The number of aliphatic hydroxyl groups is 1. The number of aromatic nitrogens is 1. The molecule has 2 aromatic rings. The molecule has 1 atom stereocenters. The first-order valence-electron chi connectivity index (χ1n) is 4.00. The van der Waals surface area contributed by atoms with Crippen LogP contribution in [0.15, 0.2) is 29.1 Å². The molecule has 68 valence electrons. The predicted molar refractivity (Wildman–Crippen MR) is 48.0 cm³/mol. The van der Waals surface area contributed by atoms with Gasteiger partial charge in [0.15, 0.2) is 5.58 Å². The van der Waals surface area contributed by atoms with Crippen LogP contribution in [0.25, 0.3) is 11.0 Å². The monoisotopic (exact) mass is 178 g/mol. The van der Waals surface area contributed by atoms with Crippen LogP contribution < -0.4 is 5.73 Å². The molecule has 0 aliphatic rings. The van der Waals surface area contributed by atoms with Crippen molar-refractivity contribution in [2.45, 2.75) is 6.04 Å². The molecule has 0 aliphatic carbocycles. The molecule has 0 fully saturated rings. The number of pyridine rings is 1. The second-order valence-electron chi connectivity index (χ2n) is 2.85. The van der Waals surface area contributed by atoms with E-state index in [-0.39, 0.29) is 12.6 Å². The zero-order chi connectivity index (χ0) is 9.26. The minimum absolute atomic E-state index is 0.0864. The molecule has 2 aromatic heterocycles. The summed E-state index contributed by atoms with van der Waals surface area (Å²) in [6, 6.07) is 1.44. The number of rotatable bonds is 2. The summed E-state index contributed by atoms with van der Waals surface area (Å²) >= 11 is 0. The number of furan rings is 1. The van der Waals surface area contributed by atoms with E-state index in [1.54, 1.807) is 18.7 Å². The van der Waals surface area contributed by atoms with Crippen LogP contribution in [0, 0.1) is 0 Å². The van der Waals surface area contributed by atoms with Crippen molar-refractivity contribution in [3.63, 3.8) is 0 Å². The molecule has 0 saturated heterocycles. The van der Waals surface area contributed by atoms with Crippen molar-refractivity contribution in [2.75, 3.05) is 6.61 Å². The van der Waals surface area contributed by atoms with Crippen molar-refractivity contribution in [3.8, 4) is 0 Å². The van der Waals surface area contributed by atoms with Gasteiger partial charge < -0.3 is 15.3 Å². The SMILES string of the molecule is NC(CO)c1coc2cnccc12. The van der Waals surface area contributed by atoms with Gasteiger partial charge in [-0.05, 0) is 6.07 Å². The maximum atomic E-state index is 8.88. The van der Waals surface area contributed by atoms with E-state index in [0.717, 1.165) is 10.9 Å². The summed E-state index contributed by atoms with van der Waals surface area (Å²) in [6.45, 7) is -0.0864. The van der Waals surface area contributed by atoms with Crippen molar-refractivity contribution in [1.82, 2.24) is 4.98 Å². The molecule has 4 heteroatoms. The van der Waals surface area contributed by atoms with Gasteiger partial charge in [0, 0.05) is 17.1 Å². The molecule has 2 heterocycles. The topological polar surface area (TPSA) is 72.3 Å². The zero-order valence-corrected chi connectivity index (χ0v) is 6.97. The van der Waals surface area contributed by atoms with Crippen LogP contribution in [0.2, 0.25) is 0 Å². The number of hydrogen-bond acceptors (Lipinski definition) is 4. The van der Waals surface area contributed by atoms with Gasteiger partial charge in [0.25, 0.3) is 0 Å². The van der Waals surface area contributed by atoms with E-state index in [1.807, 2.05) is 6.07 Å².